The quantitative estimate of drug-likeness (QED) is 0.355. The highest BCUT2D eigenvalue weighted by Gasteiger charge is 2.35. The summed E-state index contributed by atoms with van der Waals surface area (Å²) in [5.74, 6) is -1.82. The van der Waals surface area contributed by atoms with Crippen LogP contribution in [0.1, 0.15) is 64.7 Å². The van der Waals surface area contributed by atoms with Gasteiger partial charge in [0.05, 0.1) is 23.0 Å². The van der Waals surface area contributed by atoms with Gasteiger partial charge in [-0.2, -0.15) is 0 Å². The molecule has 5 rings (SSSR count). The number of imidazole rings is 1. The second-order valence-electron chi connectivity index (χ2n) is 9.94. The number of hydrogen-bond acceptors (Lipinski definition) is 5. The molecule has 8 nitrogen and oxygen atoms in total. The molecule has 0 saturated heterocycles. The molecule has 0 unspecified atom stereocenters. The minimum absolute atomic E-state index is 0.0964. The lowest BCUT2D eigenvalue weighted by Gasteiger charge is -2.20. The zero-order chi connectivity index (χ0) is 27.3. The number of benzene rings is 3. The number of phenols is 1. The fourth-order valence-electron chi connectivity index (χ4n) is 5.03. The van der Waals surface area contributed by atoms with Gasteiger partial charge in [0.2, 0.25) is 5.78 Å². The molecule has 4 aromatic rings. The first-order chi connectivity index (χ1) is 18.1. The van der Waals surface area contributed by atoms with Crippen molar-refractivity contribution >= 4 is 28.9 Å². The number of aromatic nitrogens is 2. The molecular weight excluding hydrogens is 484 g/mol. The van der Waals surface area contributed by atoms with E-state index in [9.17, 15) is 24.6 Å². The number of ketones is 1. The van der Waals surface area contributed by atoms with Gasteiger partial charge in [0.25, 0.3) is 0 Å². The number of aromatic hydroxyl groups is 1. The Morgan fingerprint density at radius 2 is 1.61 bits per heavy atom. The second kappa shape index (κ2) is 9.37. The van der Waals surface area contributed by atoms with Crippen LogP contribution in [0.5, 0.6) is 11.5 Å². The number of phenolic OH excluding ortho intramolecular Hbond substituents is 1. The Hall–Kier alpha value is -4.59. The second-order valence-corrected chi connectivity index (χ2v) is 9.94. The van der Waals surface area contributed by atoms with E-state index in [1.165, 1.54) is 26.8 Å². The highest BCUT2D eigenvalue weighted by Crippen LogP contribution is 2.46. The maximum absolute atomic E-state index is 13.2. The number of aliphatic carboxylic acids is 1. The Bertz CT molecular complexity index is 1690. The van der Waals surface area contributed by atoms with Crippen LogP contribution in [0.2, 0.25) is 0 Å². The van der Waals surface area contributed by atoms with Gasteiger partial charge in [0.15, 0.2) is 5.76 Å². The fraction of sp³-hybridized carbons (Fsp3) is 0.233. The van der Waals surface area contributed by atoms with Crippen molar-refractivity contribution in [3.63, 3.8) is 0 Å². The lowest BCUT2D eigenvalue weighted by atomic mass is 9.86. The predicted octanol–water partition coefficient (Wildman–Crippen LogP) is 4.93. The normalized spacial score (nSPS) is 14.8. The predicted molar refractivity (Wildman–Crippen MR) is 144 cm³/mol. The summed E-state index contributed by atoms with van der Waals surface area (Å²) in [5, 5.41) is 20.7. The Balaban J connectivity index is 1.61. The molecule has 1 aromatic heterocycles. The summed E-state index contributed by atoms with van der Waals surface area (Å²) >= 11 is 0. The number of allylic oxidation sites excluding steroid dienone is 1. The molecule has 194 valence electrons. The van der Waals surface area contributed by atoms with Gasteiger partial charge < -0.3 is 14.9 Å². The molecule has 0 saturated carbocycles. The Labute approximate surface area is 219 Å². The first-order valence-corrected chi connectivity index (χ1v) is 12.3. The fourth-order valence-corrected chi connectivity index (χ4v) is 5.03. The monoisotopic (exact) mass is 512 g/mol. The molecule has 38 heavy (non-hydrogen) atoms. The minimum atomic E-state index is -1.08. The standard InChI is InChI=1S/C30H28N2O6/c1-16(2)18-7-5-17(6-8-18)13-25-28(36)20-10-12-24(33)27(29(20)38-25)21(15-26(34)35)19-9-11-22-23(14-19)32(4)30(37)31(22)3/h5-14,16,21,33H,15H2,1-4H3,(H,34,35)/b25-13-/t21-/m0/s1. The van der Waals surface area contributed by atoms with Crippen molar-refractivity contribution in [2.75, 3.05) is 0 Å². The third-order valence-electron chi connectivity index (χ3n) is 7.18. The molecule has 1 aliphatic rings. The smallest absolute Gasteiger partial charge is 0.328 e. The first-order valence-electron chi connectivity index (χ1n) is 12.3. The van der Waals surface area contributed by atoms with E-state index in [0.717, 1.165) is 5.56 Å². The van der Waals surface area contributed by atoms with Gasteiger partial charge in [-0.15, -0.1) is 0 Å². The van der Waals surface area contributed by atoms with Crippen molar-refractivity contribution < 1.29 is 24.5 Å². The van der Waals surface area contributed by atoms with Crippen molar-refractivity contribution in [1.82, 2.24) is 9.13 Å². The van der Waals surface area contributed by atoms with Gasteiger partial charge in [0.1, 0.15) is 11.5 Å². The number of aryl methyl sites for hydroxylation is 2. The summed E-state index contributed by atoms with van der Waals surface area (Å²) in [4.78, 5) is 37.6. The molecule has 0 spiro atoms. The molecular formula is C30H28N2O6. The third-order valence-corrected chi connectivity index (χ3v) is 7.18. The number of carboxylic acid groups (broad SMARTS) is 1. The molecule has 1 atom stereocenters. The van der Waals surface area contributed by atoms with Gasteiger partial charge in [0, 0.05) is 25.6 Å². The summed E-state index contributed by atoms with van der Waals surface area (Å²) in [5.41, 5.74) is 4.11. The maximum Gasteiger partial charge on any atom is 0.328 e. The van der Waals surface area contributed by atoms with Crippen LogP contribution >= 0.6 is 0 Å². The van der Waals surface area contributed by atoms with E-state index in [-0.39, 0.29) is 46.3 Å². The highest BCUT2D eigenvalue weighted by atomic mass is 16.5. The van der Waals surface area contributed by atoms with Crippen LogP contribution in [-0.2, 0) is 18.9 Å². The van der Waals surface area contributed by atoms with E-state index in [1.54, 1.807) is 38.4 Å². The minimum Gasteiger partial charge on any atom is -0.508 e. The number of rotatable bonds is 6. The van der Waals surface area contributed by atoms with Crippen molar-refractivity contribution in [2.45, 2.75) is 32.1 Å². The van der Waals surface area contributed by atoms with Crippen LogP contribution in [0.25, 0.3) is 17.1 Å². The van der Waals surface area contributed by atoms with Crippen LogP contribution in [-0.4, -0.2) is 31.1 Å². The molecule has 0 aliphatic carbocycles. The van der Waals surface area contributed by atoms with Crippen molar-refractivity contribution in [2.24, 2.45) is 14.1 Å². The van der Waals surface area contributed by atoms with Gasteiger partial charge in [-0.3, -0.25) is 18.7 Å². The SMILES string of the molecule is CC(C)c1ccc(/C=C2\Oc3c(ccc(O)c3[C@@H](CC(=O)O)c3ccc4c(c3)n(C)c(=O)n4C)C2=O)cc1. The highest BCUT2D eigenvalue weighted by molar-refractivity contribution is 6.15. The average molecular weight is 513 g/mol. The number of ether oxygens (including phenoxy) is 1. The molecule has 2 N–H and O–H groups in total. The number of hydrogen-bond donors (Lipinski definition) is 2. The van der Waals surface area contributed by atoms with Crippen LogP contribution in [0.15, 0.2) is 65.2 Å². The zero-order valence-electron chi connectivity index (χ0n) is 21.6. The van der Waals surface area contributed by atoms with Crippen LogP contribution in [0.4, 0.5) is 0 Å². The Morgan fingerprint density at radius 3 is 2.26 bits per heavy atom. The molecule has 3 aromatic carbocycles. The Kier molecular flexibility index (Phi) is 6.18. The third kappa shape index (κ3) is 4.18. The van der Waals surface area contributed by atoms with Crippen LogP contribution < -0.4 is 10.4 Å². The van der Waals surface area contributed by atoms with E-state index >= 15 is 0 Å². The lowest BCUT2D eigenvalue weighted by molar-refractivity contribution is -0.137. The van der Waals surface area contributed by atoms with E-state index in [1.807, 2.05) is 24.3 Å². The summed E-state index contributed by atoms with van der Waals surface area (Å²) < 4.78 is 9.02. The summed E-state index contributed by atoms with van der Waals surface area (Å²) in [6, 6.07) is 15.9. The first kappa shape index (κ1) is 25.1. The largest absolute Gasteiger partial charge is 0.508 e. The van der Waals surface area contributed by atoms with E-state index in [0.29, 0.717) is 22.5 Å². The molecule has 0 bridgehead atoms. The summed E-state index contributed by atoms with van der Waals surface area (Å²) in [6.07, 6.45) is 1.29. The number of carbonyl (C=O) groups is 2. The van der Waals surface area contributed by atoms with Crippen LogP contribution in [0.3, 0.4) is 0 Å². The van der Waals surface area contributed by atoms with E-state index < -0.39 is 11.9 Å². The molecule has 1 aliphatic heterocycles. The molecule has 8 heteroatoms. The zero-order valence-corrected chi connectivity index (χ0v) is 21.6. The number of carbonyl (C=O) groups excluding carboxylic acids is 1. The maximum atomic E-state index is 13.2. The topological polar surface area (TPSA) is 111 Å². The molecule has 2 heterocycles. The van der Waals surface area contributed by atoms with Gasteiger partial charge in [-0.25, -0.2) is 4.79 Å². The average Bonchev–Trinajstić information content (AvgIpc) is 3.31. The van der Waals surface area contributed by atoms with Crippen molar-refractivity contribution in [3.8, 4) is 11.5 Å². The molecule has 0 fully saturated rings. The van der Waals surface area contributed by atoms with E-state index in [2.05, 4.69) is 13.8 Å². The van der Waals surface area contributed by atoms with Crippen molar-refractivity contribution in [1.29, 1.82) is 0 Å². The molecule has 0 radical (unpaired) electrons. The Morgan fingerprint density at radius 1 is 0.947 bits per heavy atom. The summed E-state index contributed by atoms with van der Waals surface area (Å²) in [7, 11) is 3.31. The van der Waals surface area contributed by atoms with E-state index in [4.69, 9.17) is 4.74 Å². The van der Waals surface area contributed by atoms with Gasteiger partial charge in [-0.1, -0.05) is 44.2 Å². The van der Waals surface area contributed by atoms with Gasteiger partial charge >= 0.3 is 11.7 Å². The number of carboxylic acids is 1. The molecule has 0 amide bonds. The lowest BCUT2D eigenvalue weighted by Crippen LogP contribution is -2.19. The number of nitrogens with zero attached hydrogens (tertiary/aromatic N) is 2. The van der Waals surface area contributed by atoms with Gasteiger partial charge in [-0.05, 0) is 52.9 Å². The summed E-state index contributed by atoms with van der Waals surface area (Å²) in [6.45, 7) is 4.20. The van der Waals surface area contributed by atoms with Crippen molar-refractivity contribution in [3.05, 3.63) is 98.7 Å². The van der Waals surface area contributed by atoms with Crippen LogP contribution in [0, 0.1) is 0 Å². The number of fused-ring (bicyclic) bond motifs is 2. The number of Topliss-reactive ketones (excluding diaryl/α,β-unsaturated/α-hetero) is 1.